The van der Waals surface area contributed by atoms with Crippen molar-refractivity contribution in [2.24, 2.45) is 0 Å². The van der Waals surface area contributed by atoms with Gasteiger partial charge >= 0.3 is 0 Å². The van der Waals surface area contributed by atoms with Gasteiger partial charge in [0.1, 0.15) is 4.21 Å². The Kier molecular flexibility index (Phi) is 4.19. The third-order valence-corrected chi connectivity index (χ3v) is 5.97. The Morgan fingerprint density at radius 1 is 1.10 bits per heavy atom. The van der Waals surface area contributed by atoms with Crippen molar-refractivity contribution in [3.05, 3.63) is 46.3 Å². The van der Waals surface area contributed by atoms with Crippen molar-refractivity contribution in [3.63, 3.8) is 0 Å². The molecule has 1 aliphatic rings. The van der Waals surface area contributed by atoms with Gasteiger partial charge in [-0.15, -0.1) is 11.3 Å². The van der Waals surface area contributed by atoms with Crippen LogP contribution in [0, 0.1) is 0 Å². The van der Waals surface area contributed by atoms with E-state index in [-0.39, 0.29) is 10.5 Å². The molecule has 0 spiro atoms. The van der Waals surface area contributed by atoms with Crippen LogP contribution < -0.4 is 4.72 Å². The first-order valence-corrected chi connectivity index (χ1v) is 8.84. The van der Waals surface area contributed by atoms with Crippen LogP contribution in [-0.2, 0) is 19.5 Å². The number of benzene rings is 1. The normalized spacial score (nSPS) is 16.2. The molecular weight excluding hydrogens is 334 g/mol. The molecule has 0 unspecified atom stereocenters. The molecule has 1 N–H and O–H groups in total. The average Bonchev–Trinajstić information content (AvgIpc) is 3.10. The maximum Gasteiger partial charge on any atom is 0.271 e. The second kappa shape index (κ2) is 5.94. The van der Waals surface area contributed by atoms with Gasteiger partial charge in [0, 0.05) is 11.3 Å². The van der Waals surface area contributed by atoms with E-state index in [4.69, 9.17) is 21.1 Å². The van der Waals surface area contributed by atoms with Gasteiger partial charge in [-0.25, -0.2) is 8.42 Å². The van der Waals surface area contributed by atoms with E-state index >= 15 is 0 Å². The van der Waals surface area contributed by atoms with E-state index in [0.717, 1.165) is 16.9 Å². The molecule has 0 radical (unpaired) electrons. The van der Waals surface area contributed by atoms with Crippen molar-refractivity contribution in [1.29, 1.82) is 0 Å². The fourth-order valence-corrected chi connectivity index (χ4v) is 4.45. The molecule has 2 heterocycles. The summed E-state index contributed by atoms with van der Waals surface area (Å²) < 4.78 is 38.2. The molecule has 0 atom stereocenters. The van der Waals surface area contributed by atoms with Gasteiger partial charge in [0.05, 0.1) is 17.6 Å². The Balaban J connectivity index is 1.75. The zero-order valence-corrected chi connectivity index (χ0v) is 13.2. The quantitative estimate of drug-likeness (QED) is 0.923. The molecule has 1 aromatic carbocycles. The Morgan fingerprint density at radius 2 is 1.76 bits per heavy atom. The number of thiophene rings is 1. The highest BCUT2D eigenvalue weighted by atomic mass is 35.5. The smallest absolute Gasteiger partial charge is 0.271 e. The zero-order valence-electron chi connectivity index (χ0n) is 10.8. The van der Waals surface area contributed by atoms with Crippen molar-refractivity contribution in [1.82, 2.24) is 0 Å². The minimum absolute atomic E-state index is 0.180. The molecule has 0 amide bonds. The summed E-state index contributed by atoms with van der Waals surface area (Å²) in [7, 11) is -3.60. The minimum Gasteiger partial charge on any atom is -0.346 e. The molecule has 0 bridgehead atoms. The van der Waals surface area contributed by atoms with Crippen LogP contribution in [-0.4, -0.2) is 21.6 Å². The van der Waals surface area contributed by atoms with Crippen LogP contribution in [0.5, 0.6) is 0 Å². The highest BCUT2D eigenvalue weighted by molar-refractivity contribution is 7.94. The first-order chi connectivity index (χ1) is 10.0. The fourth-order valence-electron chi connectivity index (χ4n) is 1.91. The van der Waals surface area contributed by atoms with Crippen LogP contribution in [0.4, 0.5) is 5.69 Å². The zero-order chi connectivity index (χ0) is 14.9. The van der Waals surface area contributed by atoms with Crippen LogP contribution in [0.3, 0.4) is 0 Å². The van der Waals surface area contributed by atoms with E-state index in [9.17, 15) is 8.42 Å². The van der Waals surface area contributed by atoms with Gasteiger partial charge in [0.15, 0.2) is 6.29 Å². The third-order valence-electron chi connectivity index (χ3n) is 2.87. The molecule has 1 aromatic heterocycles. The lowest BCUT2D eigenvalue weighted by molar-refractivity contribution is -0.0441. The standard InChI is InChI=1S/C13H12ClNO4S2/c14-11-5-6-12(20-11)21(16,17)15-10-3-1-9(2-4-10)13-18-7-8-19-13/h1-6,13,15H,7-8H2. The van der Waals surface area contributed by atoms with E-state index in [1.807, 2.05) is 0 Å². The Hall–Kier alpha value is -1.12. The number of sulfonamides is 1. The molecule has 5 nitrogen and oxygen atoms in total. The van der Waals surface area contributed by atoms with Gasteiger partial charge in [-0.05, 0) is 24.3 Å². The summed E-state index contributed by atoms with van der Waals surface area (Å²) in [6.45, 7) is 1.14. The van der Waals surface area contributed by atoms with E-state index in [0.29, 0.717) is 23.2 Å². The number of anilines is 1. The maximum atomic E-state index is 12.1. The third kappa shape index (κ3) is 3.38. The van der Waals surface area contributed by atoms with Crippen LogP contribution in [0.15, 0.2) is 40.6 Å². The Bertz CT molecular complexity index is 721. The van der Waals surface area contributed by atoms with Gasteiger partial charge < -0.3 is 9.47 Å². The van der Waals surface area contributed by atoms with E-state index in [1.54, 1.807) is 30.3 Å². The van der Waals surface area contributed by atoms with E-state index < -0.39 is 10.0 Å². The second-order valence-electron chi connectivity index (χ2n) is 4.36. The van der Waals surface area contributed by atoms with Crippen LogP contribution in [0.1, 0.15) is 11.9 Å². The summed E-state index contributed by atoms with van der Waals surface area (Å²) in [5.74, 6) is 0. The number of nitrogens with one attached hydrogen (secondary N) is 1. The Morgan fingerprint density at radius 3 is 2.33 bits per heavy atom. The predicted octanol–water partition coefficient (Wildman–Crippen LogP) is 3.25. The van der Waals surface area contributed by atoms with E-state index in [1.165, 1.54) is 6.07 Å². The summed E-state index contributed by atoms with van der Waals surface area (Å²) in [6.07, 6.45) is -0.369. The van der Waals surface area contributed by atoms with Gasteiger partial charge in [-0.2, -0.15) is 0 Å². The number of halogens is 1. The topological polar surface area (TPSA) is 64.6 Å². The van der Waals surface area contributed by atoms with Gasteiger partial charge in [0.25, 0.3) is 10.0 Å². The highest BCUT2D eigenvalue weighted by Gasteiger charge is 2.19. The summed E-state index contributed by atoms with van der Waals surface area (Å²) in [4.78, 5) is 0. The number of hydrogen-bond acceptors (Lipinski definition) is 5. The lowest BCUT2D eigenvalue weighted by Crippen LogP contribution is -2.11. The molecule has 1 fully saturated rings. The molecule has 0 saturated carbocycles. The number of ether oxygens (including phenoxy) is 2. The summed E-state index contributed by atoms with van der Waals surface area (Å²) in [5.41, 5.74) is 1.33. The van der Waals surface area contributed by atoms with Crippen molar-refractivity contribution in [2.45, 2.75) is 10.5 Å². The van der Waals surface area contributed by atoms with Gasteiger partial charge in [-0.1, -0.05) is 23.7 Å². The molecule has 0 aliphatic carbocycles. The van der Waals surface area contributed by atoms with Crippen LogP contribution >= 0.6 is 22.9 Å². The average molecular weight is 346 g/mol. The number of rotatable bonds is 4. The lowest BCUT2D eigenvalue weighted by atomic mass is 10.2. The van der Waals surface area contributed by atoms with Gasteiger partial charge in [0.2, 0.25) is 0 Å². The first kappa shape index (κ1) is 14.8. The Labute approximate surface area is 131 Å². The molecule has 1 saturated heterocycles. The van der Waals surface area contributed by atoms with Crippen molar-refractivity contribution < 1.29 is 17.9 Å². The molecule has 1 aliphatic heterocycles. The van der Waals surface area contributed by atoms with Crippen LogP contribution in [0.2, 0.25) is 4.34 Å². The largest absolute Gasteiger partial charge is 0.346 e. The highest BCUT2D eigenvalue weighted by Crippen LogP contribution is 2.28. The van der Waals surface area contributed by atoms with Gasteiger partial charge in [-0.3, -0.25) is 4.72 Å². The molecule has 112 valence electrons. The lowest BCUT2D eigenvalue weighted by Gasteiger charge is -2.11. The molecule has 21 heavy (non-hydrogen) atoms. The van der Waals surface area contributed by atoms with Crippen LogP contribution in [0.25, 0.3) is 0 Å². The van der Waals surface area contributed by atoms with Crippen molar-refractivity contribution >= 4 is 38.6 Å². The van der Waals surface area contributed by atoms with E-state index in [2.05, 4.69) is 4.72 Å². The summed E-state index contributed by atoms with van der Waals surface area (Å²) >= 11 is 6.77. The van der Waals surface area contributed by atoms with Crippen molar-refractivity contribution in [2.75, 3.05) is 17.9 Å². The SMILES string of the molecule is O=S(=O)(Nc1ccc(C2OCCO2)cc1)c1ccc(Cl)s1. The maximum absolute atomic E-state index is 12.1. The summed E-state index contributed by atoms with van der Waals surface area (Å²) in [5, 5.41) is 0. The monoisotopic (exact) mass is 345 g/mol. The molecule has 3 rings (SSSR count). The molecular formula is C13H12ClNO4S2. The minimum atomic E-state index is -3.60. The predicted molar refractivity (Wildman–Crippen MR) is 81.2 cm³/mol. The summed E-state index contributed by atoms with van der Waals surface area (Å²) in [6, 6.07) is 9.92. The fraction of sp³-hybridized carbons (Fsp3) is 0.231. The first-order valence-electron chi connectivity index (χ1n) is 6.16. The number of hydrogen-bond donors (Lipinski definition) is 1. The molecule has 2 aromatic rings. The molecule has 8 heteroatoms. The second-order valence-corrected chi connectivity index (χ2v) is 7.98. The van der Waals surface area contributed by atoms with Crippen molar-refractivity contribution in [3.8, 4) is 0 Å².